The van der Waals surface area contributed by atoms with Crippen LogP contribution in [0.15, 0.2) is 11.1 Å². The minimum atomic E-state index is -1.22. The van der Waals surface area contributed by atoms with Gasteiger partial charge in [0, 0.05) is 0 Å². The fourth-order valence-electron chi connectivity index (χ4n) is 0.757. The Bertz CT molecular complexity index is 375. The fourth-order valence-corrected chi connectivity index (χ4v) is 11.7. The van der Waals surface area contributed by atoms with Crippen LogP contribution in [0.3, 0.4) is 0 Å². The molecule has 0 saturated heterocycles. The van der Waals surface area contributed by atoms with Crippen LogP contribution in [0, 0.1) is 28.6 Å². The first kappa shape index (κ1) is 11.2. The average molecular weight is 320 g/mol. The van der Waals surface area contributed by atoms with Crippen molar-refractivity contribution in [3.63, 3.8) is 0 Å². The molecule has 1 heterocycles. The maximum absolute atomic E-state index is 10.6. The van der Waals surface area contributed by atoms with Crippen molar-refractivity contribution in [2.24, 2.45) is 5.92 Å². The summed E-state index contributed by atoms with van der Waals surface area (Å²) in [5.74, 6) is -1.48. The van der Waals surface area contributed by atoms with Crippen molar-refractivity contribution >= 4 is 35.7 Å². The van der Waals surface area contributed by atoms with Gasteiger partial charge in [-0.3, -0.25) is 0 Å². The molecule has 14 heavy (non-hydrogen) atoms. The molecule has 2 unspecified atom stereocenters. The summed E-state index contributed by atoms with van der Waals surface area (Å²) in [5, 5.41) is 25.8. The number of carboxylic acid groups (broad SMARTS) is 1. The Morgan fingerprint density at radius 2 is 2.29 bits per heavy atom. The van der Waals surface area contributed by atoms with E-state index < -0.39 is 23.5 Å². The summed E-state index contributed by atoms with van der Waals surface area (Å²) >= 11 is -1.21. The van der Waals surface area contributed by atoms with E-state index >= 15 is 0 Å². The third-order valence-corrected chi connectivity index (χ3v) is 12.2. The van der Waals surface area contributed by atoms with Crippen molar-refractivity contribution in [2.45, 2.75) is 4.82 Å². The van der Waals surface area contributed by atoms with Crippen LogP contribution in [0.2, 0.25) is 4.82 Å². The molecule has 4 nitrogen and oxygen atoms in total. The number of nitrogens with zero attached hydrogens (tertiary/aromatic N) is 2. The Hall–Kier alpha value is -0.901. The maximum atomic E-state index is 10.6. The van der Waals surface area contributed by atoms with Gasteiger partial charge in [-0.25, -0.2) is 0 Å². The van der Waals surface area contributed by atoms with Crippen molar-refractivity contribution in [1.29, 1.82) is 10.5 Å². The third kappa shape index (κ3) is 2.80. The van der Waals surface area contributed by atoms with Gasteiger partial charge in [0.05, 0.1) is 0 Å². The van der Waals surface area contributed by atoms with Crippen LogP contribution < -0.4 is 0 Å². The van der Waals surface area contributed by atoms with Gasteiger partial charge >= 0.3 is 90.0 Å². The summed E-state index contributed by atoms with van der Waals surface area (Å²) in [6.45, 7) is 0. The molecular formula is C8H6N2O2Se2. The molecule has 0 aromatic carbocycles. The van der Waals surface area contributed by atoms with Crippen LogP contribution in [-0.2, 0) is 4.79 Å². The average Bonchev–Trinajstić information content (AvgIpc) is 2.62. The number of rotatable bonds is 2. The number of hydrogen-bond donors (Lipinski definition) is 1. The number of nitriles is 2. The molecule has 0 aromatic heterocycles. The van der Waals surface area contributed by atoms with Gasteiger partial charge in [-0.1, -0.05) is 0 Å². The van der Waals surface area contributed by atoms with Gasteiger partial charge in [-0.05, 0) is 0 Å². The van der Waals surface area contributed by atoms with Crippen LogP contribution in [0.25, 0.3) is 0 Å². The zero-order valence-corrected chi connectivity index (χ0v) is 10.4. The Balaban J connectivity index is 2.70. The Morgan fingerprint density at radius 3 is 2.71 bits per heavy atom. The molecule has 0 fully saturated rings. The molecule has 0 aliphatic carbocycles. The second-order valence-corrected chi connectivity index (χ2v) is 12.7. The molecule has 1 aliphatic rings. The van der Waals surface area contributed by atoms with Gasteiger partial charge in [-0.2, -0.15) is 0 Å². The standard InChI is InChI=1S/C8H6N2O2Se2/c9-3-6(4-10)5-14-2-1-7(13-14)8(11)12/h1-2,5-7H,(H,11,12). The minimum absolute atomic E-state index is 0.0117. The van der Waals surface area contributed by atoms with E-state index in [1.54, 1.807) is 11.0 Å². The van der Waals surface area contributed by atoms with E-state index in [4.69, 9.17) is 15.6 Å². The van der Waals surface area contributed by atoms with Gasteiger partial charge in [0.1, 0.15) is 0 Å². The van der Waals surface area contributed by atoms with E-state index in [1.807, 2.05) is 17.1 Å². The first-order chi connectivity index (χ1) is 6.67. The Kier molecular flexibility index (Phi) is 4.07. The number of hydrogen-bond acceptors (Lipinski definition) is 3. The van der Waals surface area contributed by atoms with Crippen LogP contribution in [0.5, 0.6) is 0 Å². The van der Waals surface area contributed by atoms with E-state index in [1.165, 1.54) is 0 Å². The summed E-state index contributed by atoms with van der Waals surface area (Å²) in [6, 6.07) is 3.73. The first-order valence-corrected chi connectivity index (χ1v) is 10.9. The second kappa shape index (κ2) is 5.10. The van der Waals surface area contributed by atoms with Crippen molar-refractivity contribution < 1.29 is 9.90 Å². The molecule has 1 aliphatic heterocycles. The van der Waals surface area contributed by atoms with Gasteiger partial charge in [0.25, 0.3) is 0 Å². The molecule has 6 heteroatoms. The molecule has 0 spiro atoms. The normalized spacial score (nSPS) is 24.8. The Labute approximate surface area is 90.0 Å². The molecular weight excluding hydrogens is 314 g/mol. The monoisotopic (exact) mass is 322 g/mol. The molecule has 72 valence electrons. The SMILES string of the molecule is N#CC(C#N)C=[Se]1C=CC(C(=O)O)[Se]1. The quantitative estimate of drug-likeness (QED) is 0.709. The van der Waals surface area contributed by atoms with Crippen molar-refractivity contribution in [3.05, 3.63) is 11.1 Å². The molecule has 0 saturated carbocycles. The van der Waals surface area contributed by atoms with E-state index in [-0.39, 0.29) is 17.9 Å². The molecule has 0 bridgehead atoms. The molecule has 0 amide bonds. The van der Waals surface area contributed by atoms with E-state index in [0.29, 0.717) is 0 Å². The number of carbonyl (C=O) groups is 1. The van der Waals surface area contributed by atoms with Gasteiger partial charge in [0.15, 0.2) is 0 Å². The van der Waals surface area contributed by atoms with Crippen molar-refractivity contribution in [3.8, 4) is 12.1 Å². The third-order valence-electron chi connectivity index (χ3n) is 1.39. The van der Waals surface area contributed by atoms with E-state index in [9.17, 15) is 4.79 Å². The molecule has 1 rings (SSSR count). The van der Waals surface area contributed by atoms with Crippen LogP contribution in [0.1, 0.15) is 0 Å². The van der Waals surface area contributed by atoms with E-state index in [2.05, 4.69) is 0 Å². The van der Waals surface area contributed by atoms with E-state index in [0.717, 1.165) is 0 Å². The molecule has 0 aromatic rings. The summed E-state index contributed by atoms with van der Waals surface area (Å²) in [5.41, 5.74) is 0. The summed E-state index contributed by atoms with van der Waals surface area (Å²) in [7, 11) is 0. The molecule has 1 N–H and O–H groups in total. The second-order valence-electron chi connectivity index (χ2n) is 2.38. The van der Waals surface area contributed by atoms with Gasteiger partial charge < -0.3 is 0 Å². The van der Waals surface area contributed by atoms with Crippen molar-refractivity contribution in [2.75, 3.05) is 0 Å². The topological polar surface area (TPSA) is 84.9 Å². The summed E-state index contributed by atoms with van der Waals surface area (Å²) in [4.78, 5) is 13.9. The number of aliphatic carboxylic acids is 1. The summed E-state index contributed by atoms with van der Waals surface area (Å²) < 4.78 is 0. The first-order valence-electron chi connectivity index (χ1n) is 3.61. The zero-order chi connectivity index (χ0) is 10.6. The van der Waals surface area contributed by atoms with Crippen LogP contribution in [-0.4, -0.2) is 40.8 Å². The molecule has 0 radical (unpaired) electrons. The van der Waals surface area contributed by atoms with Crippen LogP contribution >= 0.6 is 0 Å². The van der Waals surface area contributed by atoms with Gasteiger partial charge in [0.2, 0.25) is 0 Å². The zero-order valence-electron chi connectivity index (χ0n) is 6.95. The number of carboxylic acids is 1. The molecule has 2 atom stereocenters. The Morgan fingerprint density at radius 1 is 1.64 bits per heavy atom. The van der Waals surface area contributed by atoms with Crippen molar-refractivity contribution in [1.82, 2.24) is 0 Å². The van der Waals surface area contributed by atoms with Crippen LogP contribution in [0.4, 0.5) is 0 Å². The predicted molar refractivity (Wildman–Crippen MR) is 52.8 cm³/mol. The fraction of sp³-hybridized carbons (Fsp3) is 0.250. The summed E-state index contributed by atoms with van der Waals surface area (Å²) in [6.07, 6.45) is 1.69. The predicted octanol–water partition coefficient (Wildman–Crippen LogP) is -0.289. The van der Waals surface area contributed by atoms with Gasteiger partial charge in [-0.15, -0.1) is 0 Å².